The summed E-state index contributed by atoms with van der Waals surface area (Å²) in [5.41, 5.74) is 1.06. The first kappa shape index (κ1) is 17.7. The third-order valence-corrected chi connectivity index (χ3v) is 3.81. The molecule has 0 saturated carbocycles. The molecule has 2 rings (SSSR count). The minimum absolute atomic E-state index is 0.240. The van der Waals surface area contributed by atoms with Crippen LogP contribution < -0.4 is 5.32 Å². The molecule has 0 aliphatic rings. The lowest BCUT2D eigenvalue weighted by molar-refractivity contribution is -0.125. The summed E-state index contributed by atoms with van der Waals surface area (Å²) in [4.78, 5) is 24.3. The first-order chi connectivity index (χ1) is 11.3. The number of aryl methyl sites for hydroxylation is 1. The van der Waals surface area contributed by atoms with Crippen LogP contribution in [0.1, 0.15) is 43.3 Å². The molecule has 1 aromatic heterocycles. The summed E-state index contributed by atoms with van der Waals surface area (Å²) < 4.78 is 10.3. The van der Waals surface area contributed by atoms with Crippen molar-refractivity contribution in [1.82, 2.24) is 10.5 Å². The van der Waals surface area contributed by atoms with Gasteiger partial charge >= 0.3 is 5.97 Å². The Labute approximate surface area is 141 Å². The van der Waals surface area contributed by atoms with Crippen molar-refractivity contribution in [3.63, 3.8) is 0 Å². The standard InChI is InChI=1S/C18H22N2O4/c1-5-18(3,4)19-14(21)11-23-17(22)15-12(2)24-20-16(15)13-9-7-6-8-10-13/h6-10H,5,11H2,1-4H3,(H,19,21). The maximum absolute atomic E-state index is 12.4. The molecule has 0 aliphatic heterocycles. The van der Waals surface area contributed by atoms with E-state index < -0.39 is 5.97 Å². The molecule has 0 unspecified atom stereocenters. The maximum Gasteiger partial charge on any atom is 0.344 e. The van der Waals surface area contributed by atoms with Crippen molar-refractivity contribution in [3.05, 3.63) is 41.7 Å². The molecule has 0 radical (unpaired) electrons. The Balaban J connectivity index is 2.09. The zero-order valence-corrected chi connectivity index (χ0v) is 14.4. The van der Waals surface area contributed by atoms with Gasteiger partial charge in [-0.2, -0.15) is 0 Å². The number of aromatic nitrogens is 1. The lowest BCUT2D eigenvalue weighted by Gasteiger charge is -2.24. The van der Waals surface area contributed by atoms with E-state index in [1.807, 2.05) is 51.1 Å². The van der Waals surface area contributed by atoms with E-state index in [1.165, 1.54) is 0 Å². The van der Waals surface area contributed by atoms with E-state index in [0.29, 0.717) is 11.5 Å². The smallest absolute Gasteiger partial charge is 0.344 e. The van der Waals surface area contributed by atoms with Gasteiger partial charge in [-0.3, -0.25) is 4.79 Å². The lowest BCUT2D eigenvalue weighted by atomic mass is 10.0. The molecule has 0 spiro atoms. The van der Waals surface area contributed by atoms with Gasteiger partial charge in [-0.15, -0.1) is 0 Å². The lowest BCUT2D eigenvalue weighted by Crippen LogP contribution is -2.44. The van der Waals surface area contributed by atoms with E-state index >= 15 is 0 Å². The SMILES string of the molecule is CCC(C)(C)NC(=O)COC(=O)c1c(-c2ccccc2)noc1C. The molecule has 6 nitrogen and oxygen atoms in total. The number of hydrogen-bond donors (Lipinski definition) is 1. The normalized spacial score (nSPS) is 11.2. The van der Waals surface area contributed by atoms with E-state index in [2.05, 4.69) is 10.5 Å². The molecule has 0 bridgehead atoms. The molecule has 0 saturated heterocycles. The molecule has 24 heavy (non-hydrogen) atoms. The Morgan fingerprint density at radius 2 is 1.92 bits per heavy atom. The Morgan fingerprint density at radius 1 is 1.25 bits per heavy atom. The highest BCUT2D eigenvalue weighted by atomic mass is 16.5. The first-order valence-corrected chi connectivity index (χ1v) is 7.84. The van der Waals surface area contributed by atoms with Crippen LogP contribution in [0.4, 0.5) is 0 Å². The van der Waals surface area contributed by atoms with E-state index in [-0.39, 0.29) is 23.6 Å². The summed E-state index contributed by atoms with van der Waals surface area (Å²) in [6.45, 7) is 7.07. The van der Waals surface area contributed by atoms with Gasteiger partial charge in [0.25, 0.3) is 5.91 Å². The molecule has 1 N–H and O–H groups in total. The topological polar surface area (TPSA) is 81.4 Å². The van der Waals surface area contributed by atoms with Crippen LogP contribution in [0.15, 0.2) is 34.9 Å². The Hall–Kier alpha value is -2.63. The summed E-state index contributed by atoms with van der Waals surface area (Å²) in [5.74, 6) is -0.615. The quantitative estimate of drug-likeness (QED) is 0.823. The van der Waals surface area contributed by atoms with Gasteiger partial charge < -0.3 is 14.6 Å². The van der Waals surface area contributed by atoms with E-state index in [4.69, 9.17) is 9.26 Å². The number of hydrogen-bond acceptors (Lipinski definition) is 5. The molecule has 6 heteroatoms. The van der Waals surface area contributed by atoms with Crippen LogP contribution >= 0.6 is 0 Å². The highest BCUT2D eigenvalue weighted by Gasteiger charge is 2.24. The Bertz CT molecular complexity index is 720. The average molecular weight is 330 g/mol. The second-order valence-corrected chi connectivity index (χ2v) is 6.19. The van der Waals surface area contributed by atoms with Crippen molar-refractivity contribution in [1.29, 1.82) is 0 Å². The molecule has 0 atom stereocenters. The molecule has 0 aliphatic carbocycles. The van der Waals surface area contributed by atoms with E-state index in [0.717, 1.165) is 12.0 Å². The van der Waals surface area contributed by atoms with Crippen LogP contribution in [0, 0.1) is 6.92 Å². The maximum atomic E-state index is 12.4. The van der Waals surface area contributed by atoms with Crippen LogP contribution in [-0.4, -0.2) is 29.2 Å². The fourth-order valence-electron chi connectivity index (χ4n) is 2.11. The number of ether oxygens (including phenoxy) is 1. The zero-order valence-electron chi connectivity index (χ0n) is 14.4. The number of carbonyl (C=O) groups excluding carboxylic acids is 2. The van der Waals surface area contributed by atoms with Crippen LogP contribution in [0.5, 0.6) is 0 Å². The van der Waals surface area contributed by atoms with Crippen molar-refractivity contribution >= 4 is 11.9 Å². The van der Waals surface area contributed by atoms with Crippen LogP contribution in [0.2, 0.25) is 0 Å². The monoisotopic (exact) mass is 330 g/mol. The van der Waals surface area contributed by atoms with E-state index in [1.54, 1.807) is 6.92 Å². The van der Waals surface area contributed by atoms with Crippen molar-refractivity contribution in [2.24, 2.45) is 0 Å². The number of nitrogens with zero attached hydrogens (tertiary/aromatic N) is 1. The average Bonchev–Trinajstić information content (AvgIpc) is 2.95. The predicted octanol–water partition coefficient (Wildman–Crippen LogP) is 3.11. The molecular formula is C18H22N2O4. The van der Waals surface area contributed by atoms with Crippen LogP contribution in [0.3, 0.4) is 0 Å². The van der Waals surface area contributed by atoms with Crippen molar-refractivity contribution in [2.75, 3.05) is 6.61 Å². The third kappa shape index (κ3) is 4.22. The Morgan fingerprint density at radius 3 is 2.54 bits per heavy atom. The fourth-order valence-corrected chi connectivity index (χ4v) is 2.11. The predicted molar refractivity (Wildman–Crippen MR) is 89.5 cm³/mol. The van der Waals surface area contributed by atoms with Gasteiger partial charge in [0, 0.05) is 11.1 Å². The van der Waals surface area contributed by atoms with Gasteiger partial charge in [-0.25, -0.2) is 4.79 Å². The zero-order chi connectivity index (χ0) is 17.7. The van der Waals surface area contributed by atoms with Crippen molar-refractivity contribution in [2.45, 2.75) is 39.7 Å². The highest BCUT2D eigenvalue weighted by molar-refractivity contribution is 5.98. The molecule has 1 aromatic carbocycles. The van der Waals surface area contributed by atoms with Gasteiger partial charge in [-0.05, 0) is 27.2 Å². The van der Waals surface area contributed by atoms with E-state index in [9.17, 15) is 9.59 Å². The molecule has 128 valence electrons. The second-order valence-electron chi connectivity index (χ2n) is 6.19. The summed E-state index contributed by atoms with van der Waals surface area (Å²) in [6, 6.07) is 9.20. The van der Waals surface area contributed by atoms with Gasteiger partial charge in [0.2, 0.25) is 0 Å². The molecule has 1 amide bonds. The van der Waals surface area contributed by atoms with Crippen LogP contribution in [0.25, 0.3) is 11.3 Å². The number of carbonyl (C=O) groups is 2. The highest BCUT2D eigenvalue weighted by Crippen LogP contribution is 2.25. The molecular weight excluding hydrogens is 308 g/mol. The number of amides is 1. The number of esters is 1. The summed E-state index contributed by atoms with van der Waals surface area (Å²) in [6.07, 6.45) is 0.773. The van der Waals surface area contributed by atoms with Gasteiger partial charge in [0.1, 0.15) is 17.0 Å². The number of benzene rings is 1. The summed E-state index contributed by atoms with van der Waals surface area (Å²) in [5, 5.41) is 6.74. The third-order valence-electron chi connectivity index (χ3n) is 3.81. The van der Waals surface area contributed by atoms with Gasteiger partial charge in [-0.1, -0.05) is 42.4 Å². The minimum atomic E-state index is -0.628. The van der Waals surface area contributed by atoms with Gasteiger partial charge in [0.15, 0.2) is 6.61 Å². The van der Waals surface area contributed by atoms with Crippen LogP contribution in [-0.2, 0) is 9.53 Å². The number of rotatable bonds is 6. The summed E-state index contributed by atoms with van der Waals surface area (Å²) in [7, 11) is 0. The van der Waals surface area contributed by atoms with Crippen molar-refractivity contribution < 1.29 is 18.8 Å². The Kier molecular flexibility index (Phi) is 5.39. The first-order valence-electron chi connectivity index (χ1n) is 7.84. The minimum Gasteiger partial charge on any atom is -0.452 e. The molecule has 0 fully saturated rings. The molecule has 1 heterocycles. The summed E-state index contributed by atoms with van der Waals surface area (Å²) >= 11 is 0. The number of nitrogens with one attached hydrogen (secondary N) is 1. The fraction of sp³-hybridized carbons (Fsp3) is 0.389. The van der Waals surface area contributed by atoms with Gasteiger partial charge in [0.05, 0.1) is 0 Å². The molecule has 2 aromatic rings. The largest absolute Gasteiger partial charge is 0.452 e. The van der Waals surface area contributed by atoms with Crippen molar-refractivity contribution in [3.8, 4) is 11.3 Å². The second kappa shape index (κ2) is 7.29.